The Balaban J connectivity index is 2.44. The lowest BCUT2D eigenvalue weighted by atomic mass is 10.2. The van der Waals surface area contributed by atoms with E-state index in [1.165, 1.54) is 7.11 Å². The average molecular weight is 289 g/mol. The molecule has 0 aromatic carbocycles. The van der Waals surface area contributed by atoms with Crippen LogP contribution < -0.4 is 14.4 Å². The van der Waals surface area contributed by atoms with E-state index in [0.29, 0.717) is 17.1 Å². The van der Waals surface area contributed by atoms with Crippen LogP contribution in [0, 0.1) is 0 Å². The molecule has 0 bridgehead atoms. The molecule has 0 N–H and O–H groups in total. The summed E-state index contributed by atoms with van der Waals surface area (Å²) in [7, 11) is 3.06. The lowest BCUT2D eigenvalue weighted by molar-refractivity contribution is 0.353. The van der Waals surface area contributed by atoms with Gasteiger partial charge in [0.25, 0.3) is 0 Å². The van der Waals surface area contributed by atoms with Gasteiger partial charge in [-0.2, -0.15) is 15.2 Å². The maximum absolute atomic E-state index is 5.28. The minimum absolute atomic E-state index is 0.253. The number of hydrogen-bond donors (Lipinski definition) is 0. The minimum Gasteiger partial charge on any atom is -0.480 e. The van der Waals surface area contributed by atoms with Crippen LogP contribution in [0.2, 0.25) is 0 Å². The van der Waals surface area contributed by atoms with Gasteiger partial charge in [-0.25, -0.2) is 4.98 Å². The first kappa shape index (κ1) is 15.0. The van der Waals surface area contributed by atoms with Crippen molar-refractivity contribution in [2.24, 2.45) is 0 Å². The van der Waals surface area contributed by atoms with Crippen LogP contribution in [-0.2, 0) is 0 Å². The summed E-state index contributed by atoms with van der Waals surface area (Å²) < 4.78 is 10.3. The molecule has 0 unspecified atom stereocenters. The zero-order valence-corrected chi connectivity index (χ0v) is 12.7. The van der Waals surface area contributed by atoms with E-state index in [1.54, 1.807) is 19.5 Å². The minimum atomic E-state index is 0.253. The second-order valence-corrected chi connectivity index (χ2v) is 4.25. The number of ether oxygens (including phenoxy) is 2. The molecule has 0 fully saturated rings. The van der Waals surface area contributed by atoms with Gasteiger partial charge in [-0.15, -0.1) is 0 Å². The highest BCUT2D eigenvalue weighted by atomic mass is 16.5. The smallest absolute Gasteiger partial charge is 0.319 e. The highest BCUT2D eigenvalue weighted by Crippen LogP contribution is 2.28. The van der Waals surface area contributed by atoms with Crippen molar-refractivity contribution in [2.45, 2.75) is 13.8 Å². The van der Waals surface area contributed by atoms with Crippen molar-refractivity contribution >= 4 is 5.69 Å². The molecule has 0 spiro atoms. The molecule has 2 aromatic heterocycles. The van der Waals surface area contributed by atoms with Crippen molar-refractivity contribution in [1.29, 1.82) is 0 Å². The van der Waals surface area contributed by atoms with Crippen LogP contribution in [-0.4, -0.2) is 47.5 Å². The van der Waals surface area contributed by atoms with E-state index in [-0.39, 0.29) is 6.01 Å². The molecule has 0 radical (unpaired) electrons. The third-order valence-corrected chi connectivity index (χ3v) is 3.15. The summed E-state index contributed by atoms with van der Waals surface area (Å²) in [6.07, 6.45) is 3.37. The predicted molar refractivity (Wildman–Crippen MR) is 79.7 cm³/mol. The summed E-state index contributed by atoms with van der Waals surface area (Å²) in [6, 6.07) is 2.21. The van der Waals surface area contributed by atoms with Gasteiger partial charge < -0.3 is 14.4 Å². The number of aromatic nitrogens is 4. The van der Waals surface area contributed by atoms with Crippen LogP contribution in [0.25, 0.3) is 11.3 Å². The molecule has 0 amide bonds. The zero-order chi connectivity index (χ0) is 15.2. The fourth-order valence-electron chi connectivity index (χ4n) is 2.03. The van der Waals surface area contributed by atoms with Gasteiger partial charge in [0.2, 0.25) is 5.88 Å². The summed E-state index contributed by atoms with van der Waals surface area (Å²) in [5.74, 6) is 0.410. The largest absolute Gasteiger partial charge is 0.480 e. The topological polar surface area (TPSA) is 73.3 Å². The second-order valence-electron chi connectivity index (χ2n) is 4.25. The fraction of sp³-hybridized carbons (Fsp3) is 0.429. The van der Waals surface area contributed by atoms with Crippen molar-refractivity contribution in [1.82, 2.24) is 20.2 Å². The normalized spacial score (nSPS) is 10.3. The molecule has 2 aromatic rings. The van der Waals surface area contributed by atoms with Crippen LogP contribution in [0.4, 0.5) is 5.69 Å². The SMILES string of the molecule is CCN(CC)c1cnnc(-c2cnc(OC)nc2OC)c1. The van der Waals surface area contributed by atoms with Gasteiger partial charge in [-0.1, -0.05) is 0 Å². The maximum atomic E-state index is 5.28. The number of methoxy groups -OCH3 is 2. The maximum Gasteiger partial charge on any atom is 0.319 e. The first-order valence-corrected chi connectivity index (χ1v) is 6.76. The number of anilines is 1. The van der Waals surface area contributed by atoms with Crippen LogP contribution in [0.1, 0.15) is 13.8 Å². The molecule has 0 aliphatic heterocycles. The number of nitrogens with zero attached hydrogens (tertiary/aromatic N) is 5. The Kier molecular flexibility index (Phi) is 4.86. The molecule has 0 atom stereocenters. The summed E-state index contributed by atoms with van der Waals surface area (Å²) >= 11 is 0. The van der Waals surface area contributed by atoms with E-state index in [0.717, 1.165) is 18.8 Å². The molecule has 0 aliphatic rings. The van der Waals surface area contributed by atoms with E-state index in [9.17, 15) is 0 Å². The molecule has 112 valence electrons. The van der Waals surface area contributed by atoms with Crippen LogP contribution in [0.5, 0.6) is 11.9 Å². The van der Waals surface area contributed by atoms with E-state index in [4.69, 9.17) is 9.47 Å². The van der Waals surface area contributed by atoms with Crippen molar-refractivity contribution in [3.05, 3.63) is 18.5 Å². The van der Waals surface area contributed by atoms with Crippen LogP contribution >= 0.6 is 0 Å². The Morgan fingerprint density at radius 3 is 2.48 bits per heavy atom. The molecule has 2 heterocycles. The van der Waals surface area contributed by atoms with Gasteiger partial charge >= 0.3 is 6.01 Å². The highest BCUT2D eigenvalue weighted by molar-refractivity contribution is 5.67. The molecular weight excluding hydrogens is 270 g/mol. The van der Waals surface area contributed by atoms with Gasteiger partial charge in [0.1, 0.15) is 5.69 Å². The molecule has 0 saturated carbocycles. The predicted octanol–water partition coefficient (Wildman–Crippen LogP) is 1.80. The van der Waals surface area contributed by atoms with Gasteiger partial charge in [-0.05, 0) is 19.9 Å². The Morgan fingerprint density at radius 1 is 1.10 bits per heavy atom. The zero-order valence-electron chi connectivity index (χ0n) is 12.7. The van der Waals surface area contributed by atoms with Crippen molar-refractivity contribution in [3.63, 3.8) is 0 Å². The van der Waals surface area contributed by atoms with Crippen molar-refractivity contribution in [3.8, 4) is 23.1 Å². The second kappa shape index (κ2) is 6.83. The molecule has 2 rings (SSSR count). The van der Waals surface area contributed by atoms with Gasteiger partial charge in [0, 0.05) is 19.3 Å². The first-order valence-electron chi connectivity index (χ1n) is 6.76. The molecular formula is C14H19N5O2. The molecule has 7 heteroatoms. The van der Waals surface area contributed by atoms with Crippen molar-refractivity contribution in [2.75, 3.05) is 32.2 Å². The summed E-state index contributed by atoms with van der Waals surface area (Å²) in [4.78, 5) is 10.5. The molecule has 0 saturated heterocycles. The van der Waals surface area contributed by atoms with Gasteiger partial charge in [0.05, 0.1) is 31.7 Å². The quantitative estimate of drug-likeness (QED) is 0.802. The Labute approximate surface area is 124 Å². The highest BCUT2D eigenvalue weighted by Gasteiger charge is 2.14. The number of rotatable bonds is 6. The first-order chi connectivity index (χ1) is 10.2. The third kappa shape index (κ3) is 3.18. The summed E-state index contributed by atoms with van der Waals surface area (Å²) in [5, 5.41) is 8.21. The Hall–Kier alpha value is -2.44. The summed E-state index contributed by atoms with van der Waals surface area (Å²) in [6.45, 7) is 6.00. The van der Waals surface area contributed by atoms with Crippen molar-refractivity contribution < 1.29 is 9.47 Å². The van der Waals surface area contributed by atoms with E-state index in [2.05, 4.69) is 38.9 Å². The molecule has 7 nitrogen and oxygen atoms in total. The Morgan fingerprint density at radius 2 is 1.86 bits per heavy atom. The standard InChI is InChI=1S/C14H19N5O2/c1-5-19(6-2)10-7-12(18-16-8-10)11-9-15-14(21-4)17-13(11)20-3/h7-9H,5-6H2,1-4H3. The lowest BCUT2D eigenvalue weighted by Gasteiger charge is -2.20. The summed E-state index contributed by atoms with van der Waals surface area (Å²) in [5.41, 5.74) is 2.35. The monoisotopic (exact) mass is 289 g/mol. The molecule has 0 aliphatic carbocycles. The van der Waals surface area contributed by atoms with Gasteiger partial charge in [-0.3, -0.25) is 0 Å². The van der Waals surface area contributed by atoms with Gasteiger partial charge in [0.15, 0.2) is 0 Å². The lowest BCUT2D eigenvalue weighted by Crippen LogP contribution is -2.22. The third-order valence-electron chi connectivity index (χ3n) is 3.15. The number of hydrogen-bond acceptors (Lipinski definition) is 7. The average Bonchev–Trinajstić information content (AvgIpc) is 2.55. The van der Waals surface area contributed by atoms with E-state index >= 15 is 0 Å². The molecule has 21 heavy (non-hydrogen) atoms. The fourth-order valence-corrected chi connectivity index (χ4v) is 2.03. The Bertz CT molecular complexity index is 602. The van der Waals surface area contributed by atoms with Crippen LogP contribution in [0.3, 0.4) is 0 Å². The van der Waals surface area contributed by atoms with E-state index < -0.39 is 0 Å². The van der Waals surface area contributed by atoms with Crippen LogP contribution in [0.15, 0.2) is 18.5 Å². The van der Waals surface area contributed by atoms with E-state index in [1.807, 2.05) is 6.07 Å².